The van der Waals surface area contributed by atoms with Gasteiger partial charge >= 0.3 is 5.97 Å². The highest BCUT2D eigenvalue weighted by Crippen LogP contribution is 2.54. The molecule has 0 heterocycles. The second-order valence-electron chi connectivity index (χ2n) is 9.01. The number of carbonyl (C=O) groups excluding carboxylic acids is 1. The van der Waals surface area contributed by atoms with Crippen LogP contribution in [0.25, 0.3) is 0 Å². The minimum absolute atomic E-state index is 0.0194. The molecule has 5 atom stereocenters. The van der Waals surface area contributed by atoms with Gasteiger partial charge in [0.05, 0.1) is 15.2 Å². The highest BCUT2D eigenvalue weighted by atomic mass is 35.5. The number of anilines is 1. The molecule has 182 valence electrons. The summed E-state index contributed by atoms with van der Waals surface area (Å²) < 4.78 is 53.5. The number of fused-ring (bicyclic) bond motifs is 2. The van der Waals surface area contributed by atoms with Gasteiger partial charge in [0, 0.05) is 29.2 Å². The largest absolute Gasteiger partial charge is 0.479 e. The summed E-state index contributed by atoms with van der Waals surface area (Å²) >= 11 is 6.18. The van der Waals surface area contributed by atoms with Crippen LogP contribution >= 0.6 is 11.6 Å². The van der Waals surface area contributed by atoms with Gasteiger partial charge in [-0.05, 0) is 55.5 Å². The van der Waals surface area contributed by atoms with E-state index in [0.29, 0.717) is 6.42 Å². The topological polar surface area (TPSA) is 121 Å². The number of benzene rings is 2. The van der Waals surface area contributed by atoms with Crippen LogP contribution in [0.3, 0.4) is 0 Å². The zero-order chi connectivity index (χ0) is 25.0. The number of aliphatic carboxylic acids is 1. The van der Waals surface area contributed by atoms with Gasteiger partial charge in [-0.1, -0.05) is 18.5 Å². The Morgan fingerprint density at radius 3 is 2.41 bits per heavy atom. The standard InChI is InChI=1S/C23H22ClF2NO6S/c1-11-6-13-8-15(10-16(11)23(13,31)22(29)30)34(32,33)20-7-12(2-4-17(20)24)21(28)27-14-3-5-18(25)19(26)9-14/h2-5,7,9,11,13,15-16,31H,6,8,10H2,1H3,(H,27,28)(H,29,30)/t11-,13?,15?,16+,23+/m0/s1. The summed E-state index contributed by atoms with van der Waals surface area (Å²) in [4.78, 5) is 24.1. The Kier molecular flexibility index (Phi) is 6.20. The smallest absolute Gasteiger partial charge is 0.336 e. The lowest BCUT2D eigenvalue weighted by Crippen LogP contribution is -2.54. The van der Waals surface area contributed by atoms with Gasteiger partial charge in [0.1, 0.15) is 0 Å². The first-order chi connectivity index (χ1) is 15.9. The maximum atomic E-state index is 13.5. The monoisotopic (exact) mass is 513 g/mol. The summed E-state index contributed by atoms with van der Waals surface area (Å²) in [6.07, 6.45) is 0.294. The third-order valence-corrected chi connectivity index (χ3v) is 9.71. The normalized spacial score (nSPS) is 28.5. The molecule has 2 aliphatic carbocycles. The van der Waals surface area contributed by atoms with Crippen LogP contribution in [0.4, 0.5) is 14.5 Å². The fourth-order valence-corrected chi connectivity index (χ4v) is 7.70. The number of rotatable bonds is 5. The minimum atomic E-state index is -4.08. The van der Waals surface area contributed by atoms with Gasteiger partial charge in [0.2, 0.25) is 0 Å². The fraction of sp³-hybridized carbons (Fsp3) is 0.391. The van der Waals surface area contributed by atoms with Crippen molar-refractivity contribution in [3.05, 3.63) is 58.6 Å². The van der Waals surface area contributed by atoms with E-state index in [9.17, 15) is 37.0 Å². The Bertz CT molecular complexity index is 1290. The maximum absolute atomic E-state index is 13.5. The van der Waals surface area contributed by atoms with E-state index in [1.54, 1.807) is 6.92 Å². The minimum Gasteiger partial charge on any atom is -0.479 e. The second kappa shape index (κ2) is 8.58. The molecule has 7 nitrogen and oxygen atoms in total. The molecule has 2 saturated carbocycles. The summed E-state index contributed by atoms with van der Waals surface area (Å²) in [5, 5.41) is 21.7. The third-order valence-electron chi connectivity index (χ3n) is 7.05. The lowest BCUT2D eigenvalue weighted by atomic mass is 9.73. The van der Waals surface area contributed by atoms with Crippen molar-refractivity contribution in [3.8, 4) is 0 Å². The van der Waals surface area contributed by atoms with E-state index in [-0.39, 0.29) is 39.9 Å². The first-order valence-electron chi connectivity index (χ1n) is 10.6. The molecule has 3 N–H and O–H groups in total. The van der Waals surface area contributed by atoms with Crippen LogP contribution in [-0.4, -0.2) is 41.4 Å². The molecule has 34 heavy (non-hydrogen) atoms. The number of hydrogen-bond donors (Lipinski definition) is 3. The summed E-state index contributed by atoms with van der Waals surface area (Å²) in [6.45, 7) is 1.80. The number of nitrogens with one attached hydrogen (secondary N) is 1. The molecular formula is C23H22ClF2NO6S. The molecule has 0 spiro atoms. The SMILES string of the molecule is C[C@H]1CC2CC(S(=O)(=O)c3cc(C(=O)Nc4ccc(F)c(F)c4)ccc3Cl)C[C@H]1[C@@]2(O)C(=O)O. The Hall–Kier alpha value is -2.56. The summed E-state index contributed by atoms with van der Waals surface area (Å²) in [5.74, 6) is -5.97. The van der Waals surface area contributed by atoms with Gasteiger partial charge in [-0.25, -0.2) is 22.0 Å². The van der Waals surface area contributed by atoms with Crippen molar-refractivity contribution in [2.75, 3.05) is 5.32 Å². The molecular weight excluding hydrogens is 492 g/mol. The average molecular weight is 514 g/mol. The third kappa shape index (κ3) is 3.97. The number of sulfone groups is 1. The van der Waals surface area contributed by atoms with Crippen molar-refractivity contribution < 1.29 is 37.0 Å². The first kappa shape index (κ1) is 24.6. The van der Waals surface area contributed by atoms with Crippen LogP contribution in [-0.2, 0) is 14.6 Å². The molecule has 2 fully saturated rings. The van der Waals surface area contributed by atoms with E-state index >= 15 is 0 Å². The maximum Gasteiger partial charge on any atom is 0.336 e. The summed E-state index contributed by atoms with van der Waals surface area (Å²) in [6, 6.07) is 6.46. The molecule has 0 aromatic heterocycles. The lowest BCUT2D eigenvalue weighted by Gasteiger charge is -2.39. The van der Waals surface area contributed by atoms with Gasteiger partial charge in [-0.15, -0.1) is 0 Å². The number of carbonyl (C=O) groups is 2. The molecule has 0 aliphatic heterocycles. The van der Waals surface area contributed by atoms with Crippen LogP contribution in [0.2, 0.25) is 5.02 Å². The van der Waals surface area contributed by atoms with Crippen molar-refractivity contribution in [2.45, 2.75) is 41.9 Å². The highest BCUT2D eigenvalue weighted by Gasteiger charge is 2.62. The number of halogens is 3. The van der Waals surface area contributed by atoms with E-state index in [1.165, 1.54) is 12.1 Å². The molecule has 4 rings (SSSR count). The molecule has 2 unspecified atom stereocenters. The lowest BCUT2D eigenvalue weighted by molar-refractivity contribution is -0.172. The van der Waals surface area contributed by atoms with E-state index in [1.807, 2.05) is 0 Å². The molecule has 0 radical (unpaired) electrons. The van der Waals surface area contributed by atoms with Crippen LogP contribution in [0.5, 0.6) is 0 Å². The van der Waals surface area contributed by atoms with E-state index in [2.05, 4.69) is 5.32 Å². The van der Waals surface area contributed by atoms with Gasteiger partial charge in [0.25, 0.3) is 5.91 Å². The zero-order valence-electron chi connectivity index (χ0n) is 18.0. The number of carboxylic acid groups (broad SMARTS) is 1. The summed E-state index contributed by atoms with van der Waals surface area (Å²) in [7, 11) is -4.08. The number of carboxylic acids is 1. The predicted octanol–water partition coefficient (Wildman–Crippen LogP) is 3.89. The van der Waals surface area contributed by atoms with Crippen molar-refractivity contribution in [1.29, 1.82) is 0 Å². The highest BCUT2D eigenvalue weighted by molar-refractivity contribution is 7.92. The summed E-state index contributed by atoms with van der Waals surface area (Å²) in [5.41, 5.74) is -2.06. The molecule has 2 aromatic carbocycles. The molecule has 2 aliphatic rings. The second-order valence-corrected chi connectivity index (χ2v) is 11.6. The molecule has 11 heteroatoms. The Balaban J connectivity index is 1.62. The Morgan fingerprint density at radius 1 is 1.09 bits per heavy atom. The number of amides is 1. The predicted molar refractivity (Wildman–Crippen MR) is 119 cm³/mol. The van der Waals surface area contributed by atoms with Crippen molar-refractivity contribution in [3.63, 3.8) is 0 Å². The molecule has 2 aromatic rings. The van der Waals surface area contributed by atoms with Gasteiger partial charge in [-0.2, -0.15) is 0 Å². The molecule has 2 bridgehead atoms. The fourth-order valence-electron chi connectivity index (χ4n) is 5.32. The Labute approximate surface area is 199 Å². The first-order valence-corrected chi connectivity index (χ1v) is 12.5. The Morgan fingerprint density at radius 2 is 1.79 bits per heavy atom. The molecule has 1 amide bonds. The average Bonchev–Trinajstić information content (AvgIpc) is 2.89. The number of hydrogen-bond acceptors (Lipinski definition) is 5. The van der Waals surface area contributed by atoms with E-state index < -0.39 is 56.0 Å². The quantitative estimate of drug-likeness (QED) is 0.557. The van der Waals surface area contributed by atoms with Crippen LogP contribution in [0.1, 0.15) is 36.5 Å². The van der Waals surface area contributed by atoms with Gasteiger partial charge in [0.15, 0.2) is 27.1 Å². The van der Waals surface area contributed by atoms with Crippen LogP contribution < -0.4 is 5.32 Å². The van der Waals surface area contributed by atoms with Crippen molar-refractivity contribution in [2.24, 2.45) is 17.8 Å². The van der Waals surface area contributed by atoms with E-state index in [4.69, 9.17) is 11.6 Å². The van der Waals surface area contributed by atoms with E-state index in [0.717, 1.165) is 24.3 Å². The van der Waals surface area contributed by atoms with Crippen LogP contribution in [0.15, 0.2) is 41.3 Å². The zero-order valence-corrected chi connectivity index (χ0v) is 19.5. The van der Waals surface area contributed by atoms with Crippen molar-refractivity contribution in [1.82, 2.24) is 0 Å². The van der Waals surface area contributed by atoms with Gasteiger partial charge in [-0.3, -0.25) is 4.79 Å². The van der Waals surface area contributed by atoms with Crippen molar-refractivity contribution >= 4 is 39.0 Å². The number of aliphatic hydroxyl groups is 1. The molecule has 0 saturated heterocycles. The van der Waals surface area contributed by atoms with Gasteiger partial charge < -0.3 is 15.5 Å². The van der Waals surface area contributed by atoms with Crippen LogP contribution in [0, 0.1) is 29.4 Å².